The molecule has 1 aliphatic heterocycles. The van der Waals surface area contributed by atoms with Crippen LogP contribution in [0.5, 0.6) is 0 Å². The monoisotopic (exact) mass is 336 g/mol. The SMILES string of the molecule is CC(C)C(=O)Nc1ccccc1C1c2ccccc2CC(C)(C)N1C. The van der Waals surface area contributed by atoms with E-state index in [9.17, 15) is 4.79 Å². The summed E-state index contributed by atoms with van der Waals surface area (Å²) < 4.78 is 0. The number of carbonyl (C=O) groups is 1. The summed E-state index contributed by atoms with van der Waals surface area (Å²) in [5.41, 5.74) is 4.83. The predicted molar refractivity (Wildman–Crippen MR) is 104 cm³/mol. The van der Waals surface area contributed by atoms with E-state index >= 15 is 0 Å². The van der Waals surface area contributed by atoms with Crippen molar-refractivity contribution >= 4 is 11.6 Å². The van der Waals surface area contributed by atoms with Gasteiger partial charge < -0.3 is 5.32 Å². The van der Waals surface area contributed by atoms with Gasteiger partial charge in [-0.25, -0.2) is 0 Å². The van der Waals surface area contributed by atoms with E-state index in [0.29, 0.717) is 0 Å². The molecule has 1 atom stereocenters. The predicted octanol–water partition coefficient (Wildman–Crippen LogP) is 4.64. The van der Waals surface area contributed by atoms with Crippen LogP contribution >= 0.6 is 0 Å². The van der Waals surface area contributed by atoms with E-state index in [4.69, 9.17) is 0 Å². The van der Waals surface area contributed by atoms with Crippen molar-refractivity contribution in [2.75, 3.05) is 12.4 Å². The van der Waals surface area contributed by atoms with E-state index in [2.05, 4.69) is 67.5 Å². The molecule has 1 amide bonds. The number of rotatable bonds is 3. The molecule has 0 bridgehead atoms. The van der Waals surface area contributed by atoms with Gasteiger partial charge in [0, 0.05) is 17.1 Å². The zero-order valence-corrected chi connectivity index (χ0v) is 15.8. The molecule has 1 heterocycles. The van der Waals surface area contributed by atoms with Crippen LogP contribution in [0.4, 0.5) is 5.69 Å². The lowest BCUT2D eigenvalue weighted by Gasteiger charge is -2.47. The summed E-state index contributed by atoms with van der Waals surface area (Å²) in [5.74, 6) is 0.0133. The third-order valence-electron chi connectivity index (χ3n) is 5.35. The topological polar surface area (TPSA) is 32.3 Å². The molecule has 0 fully saturated rings. The van der Waals surface area contributed by atoms with E-state index in [-0.39, 0.29) is 23.4 Å². The first-order valence-corrected chi connectivity index (χ1v) is 9.02. The average molecular weight is 336 g/mol. The van der Waals surface area contributed by atoms with Crippen LogP contribution in [0.25, 0.3) is 0 Å². The summed E-state index contributed by atoms with van der Waals surface area (Å²) in [6.07, 6.45) is 1.02. The van der Waals surface area contributed by atoms with E-state index < -0.39 is 0 Å². The smallest absolute Gasteiger partial charge is 0.226 e. The Labute approximate surface area is 151 Å². The highest BCUT2D eigenvalue weighted by Crippen LogP contribution is 2.43. The van der Waals surface area contributed by atoms with Crippen molar-refractivity contribution < 1.29 is 4.79 Å². The lowest BCUT2D eigenvalue weighted by Crippen LogP contribution is -2.49. The fraction of sp³-hybridized carbons (Fsp3) is 0.409. The van der Waals surface area contributed by atoms with Crippen LogP contribution < -0.4 is 5.32 Å². The van der Waals surface area contributed by atoms with Crippen molar-refractivity contribution in [2.45, 2.75) is 45.7 Å². The number of benzene rings is 2. The number of hydrogen-bond acceptors (Lipinski definition) is 2. The molecule has 3 rings (SSSR count). The Bertz CT molecular complexity index is 779. The number of nitrogens with zero attached hydrogens (tertiary/aromatic N) is 1. The van der Waals surface area contributed by atoms with Crippen LogP contribution in [-0.2, 0) is 11.2 Å². The Balaban J connectivity index is 2.11. The largest absolute Gasteiger partial charge is 0.326 e. The van der Waals surface area contributed by atoms with Crippen molar-refractivity contribution in [1.29, 1.82) is 0 Å². The molecular formula is C22H28N2O. The van der Waals surface area contributed by atoms with Crippen LogP contribution in [-0.4, -0.2) is 23.4 Å². The molecule has 0 aliphatic carbocycles. The summed E-state index contributed by atoms with van der Waals surface area (Å²) in [6, 6.07) is 17.0. The van der Waals surface area contributed by atoms with Gasteiger partial charge in [-0.15, -0.1) is 0 Å². The maximum atomic E-state index is 12.3. The number of anilines is 1. The highest BCUT2D eigenvalue weighted by atomic mass is 16.1. The second kappa shape index (κ2) is 6.64. The molecule has 25 heavy (non-hydrogen) atoms. The molecule has 3 heteroatoms. The zero-order valence-electron chi connectivity index (χ0n) is 15.8. The van der Waals surface area contributed by atoms with Crippen LogP contribution in [0.2, 0.25) is 0 Å². The molecule has 0 aromatic heterocycles. The molecule has 2 aromatic rings. The molecule has 2 aromatic carbocycles. The standard InChI is InChI=1S/C22H28N2O/c1-15(2)21(25)23-19-13-9-8-12-18(19)20-17-11-7-6-10-16(17)14-22(3,4)24(20)5/h6-13,15,20H,14H2,1-5H3,(H,23,25). The van der Waals surface area contributed by atoms with Crippen molar-refractivity contribution in [3.63, 3.8) is 0 Å². The lowest BCUT2D eigenvalue weighted by atomic mass is 9.79. The third kappa shape index (κ3) is 3.34. The van der Waals surface area contributed by atoms with Gasteiger partial charge in [-0.1, -0.05) is 56.3 Å². The molecule has 0 spiro atoms. The molecular weight excluding hydrogens is 308 g/mol. The number of nitrogens with one attached hydrogen (secondary N) is 1. The molecule has 3 nitrogen and oxygen atoms in total. The first kappa shape index (κ1) is 17.7. The Morgan fingerprint density at radius 3 is 2.36 bits per heavy atom. The molecule has 0 saturated heterocycles. The third-order valence-corrected chi connectivity index (χ3v) is 5.35. The maximum absolute atomic E-state index is 12.3. The van der Waals surface area contributed by atoms with Gasteiger partial charge in [-0.2, -0.15) is 0 Å². The number of hydrogen-bond donors (Lipinski definition) is 1. The average Bonchev–Trinajstić information content (AvgIpc) is 2.56. The Hall–Kier alpha value is -2.13. The minimum atomic E-state index is -0.0409. The summed E-state index contributed by atoms with van der Waals surface area (Å²) in [4.78, 5) is 14.7. The molecule has 1 unspecified atom stereocenters. The normalized spacial score (nSPS) is 19.5. The molecule has 0 saturated carbocycles. The Morgan fingerprint density at radius 1 is 1.08 bits per heavy atom. The minimum Gasteiger partial charge on any atom is -0.326 e. The molecule has 1 N–H and O–H groups in total. The fourth-order valence-electron chi connectivity index (χ4n) is 3.61. The van der Waals surface area contributed by atoms with Gasteiger partial charge in [0.2, 0.25) is 5.91 Å². The second-order valence-electron chi connectivity index (χ2n) is 7.93. The van der Waals surface area contributed by atoms with Crippen LogP contribution in [0.1, 0.15) is 50.4 Å². The lowest BCUT2D eigenvalue weighted by molar-refractivity contribution is -0.118. The first-order chi connectivity index (χ1) is 11.8. The van der Waals surface area contributed by atoms with Gasteiger partial charge in [-0.3, -0.25) is 9.69 Å². The summed E-state index contributed by atoms with van der Waals surface area (Å²) in [7, 11) is 2.18. The van der Waals surface area contributed by atoms with E-state index in [1.807, 2.05) is 26.0 Å². The van der Waals surface area contributed by atoms with Gasteiger partial charge in [0.1, 0.15) is 0 Å². The van der Waals surface area contributed by atoms with Crippen LogP contribution in [0.3, 0.4) is 0 Å². The highest BCUT2D eigenvalue weighted by molar-refractivity contribution is 5.93. The van der Waals surface area contributed by atoms with E-state index in [1.54, 1.807) is 0 Å². The Morgan fingerprint density at radius 2 is 1.68 bits per heavy atom. The van der Waals surface area contributed by atoms with Crippen molar-refractivity contribution in [1.82, 2.24) is 4.90 Å². The number of likely N-dealkylation sites (N-methyl/N-ethyl adjacent to an activating group) is 1. The quantitative estimate of drug-likeness (QED) is 0.886. The minimum absolute atomic E-state index is 0.0409. The molecule has 1 aliphatic rings. The number of fused-ring (bicyclic) bond motifs is 1. The number of carbonyl (C=O) groups excluding carboxylic acids is 1. The highest BCUT2D eigenvalue weighted by Gasteiger charge is 2.38. The molecule has 132 valence electrons. The fourth-order valence-corrected chi connectivity index (χ4v) is 3.61. The summed E-state index contributed by atoms with van der Waals surface area (Å²) in [5, 5.41) is 3.12. The van der Waals surface area contributed by atoms with Crippen molar-refractivity contribution in [3.8, 4) is 0 Å². The van der Waals surface area contributed by atoms with Gasteiger partial charge in [0.15, 0.2) is 0 Å². The van der Waals surface area contributed by atoms with Gasteiger partial charge in [0.05, 0.1) is 6.04 Å². The first-order valence-electron chi connectivity index (χ1n) is 9.02. The van der Waals surface area contributed by atoms with Gasteiger partial charge in [0.25, 0.3) is 0 Å². The van der Waals surface area contributed by atoms with E-state index in [0.717, 1.165) is 17.7 Å². The van der Waals surface area contributed by atoms with E-state index in [1.165, 1.54) is 11.1 Å². The van der Waals surface area contributed by atoms with Crippen molar-refractivity contribution in [3.05, 3.63) is 65.2 Å². The number of amides is 1. The molecule has 0 radical (unpaired) electrons. The maximum Gasteiger partial charge on any atom is 0.226 e. The van der Waals surface area contributed by atoms with Crippen molar-refractivity contribution in [2.24, 2.45) is 5.92 Å². The number of para-hydroxylation sites is 1. The van der Waals surface area contributed by atoms with Gasteiger partial charge in [-0.05, 0) is 50.1 Å². The van der Waals surface area contributed by atoms with Crippen LogP contribution in [0.15, 0.2) is 48.5 Å². The van der Waals surface area contributed by atoms with Crippen LogP contribution in [0, 0.1) is 5.92 Å². The van der Waals surface area contributed by atoms with Gasteiger partial charge >= 0.3 is 0 Å². The second-order valence-corrected chi connectivity index (χ2v) is 7.93. The summed E-state index contributed by atoms with van der Waals surface area (Å²) >= 11 is 0. The zero-order chi connectivity index (χ0) is 18.2. The summed E-state index contributed by atoms with van der Waals surface area (Å²) in [6.45, 7) is 8.41. The Kier molecular flexibility index (Phi) is 4.70.